The number of hydrogen-bond donors (Lipinski definition) is 1. The molecule has 1 N–H and O–H groups in total. The Morgan fingerprint density at radius 3 is 2.60 bits per heavy atom. The molecule has 7 heteroatoms. The Labute approximate surface area is 125 Å². The van der Waals surface area contributed by atoms with E-state index >= 15 is 0 Å². The zero-order chi connectivity index (χ0) is 14.1. The van der Waals surface area contributed by atoms with Crippen molar-refractivity contribution in [1.29, 1.82) is 0 Å². The van der Waals surface area contributed by atoms with Crippen LogP contribution in [0.4, 0.5) is 11.4 Å². The molecule has 20 heavy (non-hydrogen) atoms. The van der Waals surface area contributed by atoms with Crippen molar-refractivity contribution in [3.05, 3.63) is 27.0 Å². The van der Waals surface area contributed by atoms with E-state index in [0.717, 1.165) is 32.0 Å². The van der Waals surface area contributed by atoms with Gasteiger partial charge in [0.2, 0.25) is 0 Å². The number of piperidine rings is 1. The zero-order valence-electron chi connectivity index (χ0n) is 11.1. The molecule has 1 aliphatic carbocycles. The average Bonchev–Trinajstić information content (AvgIpc) is 3.26. The van der Waals surface area contributed by atoms with Gasteiger partial charge in [-0.1, -0.05) is 0 Å². The van der Waals surface area contributed by atoms with Gasteiger partial charge in [0.1, 0.15) is 11.9 Å². The topological polar surface area (TPSA) is 71.3 Å². The number of nitrogens with one attached hydrogen (secondary N) is 1. The maximum atomic E-state index is 11.1. The minimum absolute atomic E-state index is 0.0315. The molecule has 0 bridgehead atoms. The summed E-state index contributed by atoms with van der Waals surface area (Å²) in [4.78, 5) is 17.1. The highest BCUT2D eigenvalue weighted by molar-refractivity contribution is 9.10. The Balaban J connectivity index is 1.67. The van der Waals surface area contributed by atoms with Crippen LogP contribution in [-0.2, 0) is 0 Å². The number of aromatic nitrogens is 1. The fourth-order valence-corrected chi connectivity index (χ4v) is 3.19. The van der Waals surface area contributed by atoms with Gasteiger partial charge in [0, 0.05) is 31.4 Å². The van der Waals surface area contributed by atoms with Crippen LogP contribution >= 0.6 is 15.9 Å². The van der Waals surface area contributed by atoms with Crippen molar-refractivity contribution in [2.75, 3.05) is 18.4 Å². The highest BCUT2D eigenvalue weighted by Crippen LogP contribution is 2.34. The van der Waals surface area contributed by atoms with Crippen LogP contribution in [-0.4, -0.2) is 40.0 Å². The lowest BCUT2D eigenvalue weighted by molar-refractivity contribution is -0.384. The van der Waals surface area contributed by atoms with Gasteiger partial charge in [0.25, 0.3) is 0 Å². The molecule has 0 unspecified atom stereocenters. The lowest BCUT2D eigenvalue weighted by atomic mass is 10.0. The number of nitrogens with zero attached hydrogens (tertiary/aromatic N) is 3. The van der Waals surface area contributed by atoms with Gasteiger partial charge in [-0.05, 0) is 41.6 Å². The molecule has 1 saturated heterocycles. The van der Waals surface area contributed by atoms with Crippen LogP contribution < -0.4 is 5.32 Å². The Hall–Kier alpha value is -1.21. The molecule has 1 aromatic heterocycles. The van der Waals surface area contributed by atoms with E-state index in [1.54, 1.807) is 6.20 Å². The molecule has 0 spiro atoms. The molecule has 0 aromatic carbocycles. The zero-order valence-corrected chi connectivity index (χ0v) is 12.7. The summed E-state index contributed by atoms with van der Waals surface area (Å²) < 4.78 is 0.649. The number of halogens is 1. The Morgan fingerprint density at radius 1 is 1.30 bits per heavy atom. The van der Waals surface area contributed by atoms with E-state index in [-0.39, 0.29) is 10.6 Å². The highest BCUT2D eigenvalue weighted by atomic mass is 79.9. The van der Waals surface area contributed by atoms with Gasteiger partial charge in [-0.15, -0.1) is 0 Å². The molecule has 0 radical (unpaired) electrons. The summed E-state index contributed by atoms with van der Waals surface area (Å²) in [5.41, 5.74) is 0.582. The number of nitro groups is 1. The molecule has 1 aliphatic heterocycles. The molecule has 3 rings (SSSR count). The molecule has 6 nitrogen and oxygen atoms in total. The predicted molar refractivity (Wildman–Crippen MR) is 79.8 cm³/mol. The van der Waals surface area contributed by atoms with Crippen LogP contribution in [0.25, 0.3) is 0 Å². The van der Waals surface area contributed by atoms with E-state index in [2.05, 4.69) is 31.1 Å². The van der Waals surface area contributed by atoms with Crippen LogP contribution in [0.3, 0.4) is 0 Å². The van der Waals surface area contributed by atoms with E-state index in [0.29, 0.717) is 16.2 Å². The van der Waals surface area contributed by atoms with Crippen molar-refractivity contribution >= 4 is 27.3 Å². The van der Waals surface area contributed by atoms with Crippen LogP contribution in [0.2, 0.25) is 0 Å². The van der Waals surface area contributed by atoms with Gasteiger partial charge in [-0.2, -0.15) is 0 Å². The molecule has 108 valence electrons. The SMILES string of the molecule is O=[N+]([O-])c1cncc(Br)c1NC1CCN(C2CC2)CC1. The van der Waals surface area contributed by atoms with Gasteiger partial charge >= 0.3 is 5.69 Å². The average molecular weight is 341 g/mol. The van der Waals surface area contributed by atoms with Crippen molar-refractivity contribution in [2.24, 2.45) is 0 Å². The van der Waals surface area contributed by atoms with E-state index in [9.17, 15) is 10.1 Å². The lowest BCUT2D eigenvalue weighted by Crippen LogP contribution is -2.40. The second-order valence-electron chi connectivity index (χ2n) is 5.46. The summed E-state index contributed by atoms with van der Waals surface area (Å²) in [6.07, 6.45) is 7.62. The second kappa shape index (κ2) is 5.65. The van der Waals surface area contributed by atoms with Gasteiger partial charge in [0.05, 0.1) is 9.40 Å². The standard InChI is InChI=1S/C13H17BrN4O2/c14-11-7-15-8-12(18(19)20)13(11)16-9-3-5-17(6-4-9)10-1-2-10/h7-10H,1-6H2,(H,15,16). The maximum absolute atomic E-state index is 11.1. The van der Waals surface area contributed by atoms with Crippen molar-refractivity contribution in [3.63, 3.8) is 0 Å². The van der Waals surface area contributed by atoms with E-state index in [4.69, 9.17) is 0 Å². The molecular formula is C13H17BrN4O2. The predicted octanol–water partition coefficient (Wildman–Crippen LogP) is 2.79. The van der Waals surface area contributed by atoms with Crippen LogP contribution in [0, 0.1) is 10.1 Å². The van der Waals surface area contributed by atoms with Crippen molar-refractivity contribution < 1.29 is 4.92 Å². The van der Waals surface area contributed by atoms with Crippen LogP contribution in [0.1, 0.15) is 25.7 Å². The molecule has 2 fully saturated rings. The Morgan fingerprint density at radius 2 is 2.00 bits per heavy atom. The van der Waals surface area contributed by atoms with Gasteiger partial charge in [0.15, 0.2) is 0 Å². The van der Waals surface area contributed by atoms with Gasteiger partial charge in [-0.25, -0.2) is 0 Å². The first kappa shape index (κ1) is 13.8. The minimum atomic E-state index is -0.389. The lowest BCUT2D eigenvalue weighted by Gasteiger charge is -2.32. The minimum Gasteiger partial charge on any atom is -0.376 e. The van der Waals surface area contributed by atoms with E-state index in [1.165, 1.54) is 19.0 Å². The summed E-state index contributed by atoms with van der Waals surface area (Å²) >= 11 is 3.35. The van der Waals surface area contributed by atoms with Crippen LogP contribution in [0.5, 0.6) is 0 Å². The third-order valence-corrected chi connectivity index (χ3v) is 4.62. The molecule has 0 atom stereocenters. The van der Waals surface area contributed by atoms with Crippen molar-refractivity contribution in [3.8, 4) is 0 Å². The first-order valence-electron chi connectivity index (χ1n) is 6.93. The third-order valence-electron chi connectivity index (χ3n) is 4.02. The number of likely N-dealkylation sites (tertiary alicyclic amines) is 1. The maximum Gasteiger partial charge on any atom is 0.311 e. The summed E-state index contributed by atoms with van der Waals surface area (Å²) in [7, 11) is 0. The first-order chi connectivity index (χ1) is 9.65. The molecule has 2 heterocycles. The third kappa shape index (κ3) is 2.93. The Bertz CT molecular complexity index is 513. The highest BCUT2D eigenvalue weighted by Gasteiger charge is 2.32. The molecule has 1 aromatic rings. The summed E-state index contributed by atoms with van der Waals surface area (Å²) in [6.45, 7) is 2.16. The van der Waals surface area contributed by atoms with Gasteiger partial charge < -0.3 is 10.2 Å². The quantitative estimate of drug-likeness (QED) is 0.674. The van der Waals surface area contributed by atoms with Crippen molar-refractivity contribution in [1.82, 2.24) is 9.88 Å². The summed E-state index contributed by atoms with van der Waals surface area (Å²) in [5, 5.41) is 14.4. The summed E-state index contributed by atoms with van der Waals surface area (Å²) in [6, 6.07) is 1.10. The Kier molecular flexibility index (Phi) is 3.89. The summed E-state index contributed by atoms with van der Waals surface area (Å²) in [5.74, 6) is 0. The normalized spacial score (nSPS) is 20.9. The number of hydrogen-bond acceptors (Lipinski definition) is 5. The van der Waals surface area contributed by atoms with E-state index in [1.807, 2.05) is 0 Å². The molecule has 1 saturated carbocycles. The smallest absolute Gasteiger partial charge is 0.311 e. The number of anilines is 1. The monoisotopic (exact) mass is 340 g/mol. The second-order valence-corrected chi connectivity index (χ2v) is 6.31. The first-order valence-corrected chi connectivity index (χ1v) is 7.73. The largest absolute Gasteiger partial charge is 0.376 e. The number of pyridine rings is 1. The fourth-order valence-electron chi connectivity index (χ4n) is 2.76. The number of rotatable bonds is 4. The van der Waals surface area contributed by atoms with Crippen LogP contribution in [0.15, 0.2) is 16.9 Å². The van der Waals surface area contributed by atoms with Crippen molar-refractivity contribution in [2.45, 2.75) is 37.8 Å². The van der Waals surface area contributed by atoms with E-state index < -0.39 is 0 Å². The molecular weight excluding hydrogens is 324 g/mol. The molecule has 0 amide bonds. The fraction of sp³-hybridized carbons (Fsp3) is 0.615. The molecule has 2 aliphatic rings. The van der Waals surface area contributed by atoms with Gasteiger partial charge in [-0.3, -0.25) is 15.1 Å².